The highest BCUT2D eigenvalue weighted by molar-refractivity contribution is 7.13. The lowest BCUT2D eigenvalue weighted by molar-refractivity contribution is -0.139. The van der Waals surface area contributed by atoms with Crippen molar-refractivity contribution in [2.75, 3.05) is 52.9 Å². The zero-order valence-corrected chi connectivity index (χ0v) is 19.6. The molecule has 6 nitrogen and oxygen atoms in total. The predicted octanol–water partition coefficient (Wildman–Crippen LogP) is 3.58. The summed E-state index contributed by atoms with van der Waals surface area (Å²) < 4.78 is 5.24. The maximum absolute atomic E-state index is 13.0. The number of hydrogen-bond acceptors (Lipinski definition) is 6. The van der Waals surface area contributed by atoms with Gasteiger partial charge in [-0.2, -0.15) is 0 Å². The summed E-state index contributed by atoms with van der Waals surface area (Å²) in [6.45, 7) is 9.91. The summed E-state index contributed by atoms with van der Waals surface area (Å²) in [5, 5.41) is 3.20. The molecule has 1 aromatic carbocycles. The molecule has 0 N–H and O–H groups in total. The van der Waals surface area contributed by atoms with Crippen LogP contribution in [0.1, 0.15) is 31.9 Å². The van der Waals surface area contributed by atoms with Gasteiger partial charge < -0.3 is 14.5 Å². The molecule has 0 unspecified atom stereocenters. The van der Waals surface area contributed by atoms with E-state index in [0.717, 1.165) is 87.2 Å². The van der Waals surface area contributed by atoms with E-state index in [2.05, 4.69) is 39.1 Å². The second kappa shape index (κ2) is 10.6. The zero-order valence-electron chi connectivity index (χ0n) is 18.8. The molecule has 0 spiro atoms. The molecule has 0 bridgehead atoms. The van der Waals surface area contributed by atoms with E-state index in [1.807, 2.05) is 12.1 Å². The molecule has 0 saturated carbocycles. The second-order valence-electron chi connectivity index (χ2n) is 8.59. The first-order valence-corrected chi connectivity index (χ1v) is 12.4. The lowest BCUT2D eigenvalue weighted by Gasteiger charge is -2.38. The fourth-order valence-electron chi connectivity index (χ4n) is 4.58. The van der Waals surface area contributed by atoms with Crippen molar-refractivity contribution in [1.82, 2.24) is 19.7 Å². The van der Waals surface area contributed by atoms with E-state index in [9.17, 15) is 4.79 Å². The van der Waals surface area contributed by atoms with Crippen molar-refractivity contribution in [3.05, 3.63) is 35.3 Å². The third-order valence-electron chi connectivity index (χ3n) is 6.43. The Balaban J connectivity index is 1.24. The van der Waals surface area contributed by atoms with E-state index in [-0.39, 0.29) is 5.92 Å². The zero-order chi connectivity index (χ0) is 21.6. The Morgan fingerprint density at radius 2 is 1.77 bits per heavy atom. The highest BCUT2D eigenvalue weighted by Gasteiger charge is 2.30. The molecule has 0 atom stereocenters. The number of nitrogens with zero attached hydrogens (tertiary/aromatic N) is 4. The van der Waals surface area contributed by atoms with Gasteiger partial charge in [-0.25, -0.2) is 4.98 Å². The Bertz CT molecular complexity index is 838. The Hall–Kier alpha value is -1.96. The van der Waals surface area contributed by atoms with E-state index >= 15 is 0 Å². The van der Waals surface area contributed by atoms with Crippen molar-refractivity contribution < 1.29 is 9.53 Å². The minimum atomic E-state index is 0.227. The van der Waals surface area contributed by atoms with Gasteiger partial charge in [0.2, 0.25) is 5.91 Å². The van der Waals surface area contributed by atoms with Gasteiger partial charge >= 0.3 is 0 Å². The molecule has 7 heteroatoms. The molecule has 168 valence electrons. The summed E-state index contributed by atoms with van der Waals surface area (Å²) in [5.41, 5.74) is 2.23. The average molecular weight is 443 g/mol. The van der Waals surface area contributed by atoms with E-state index in [1.165, 1.54) is 6.42 Å². The van der Waals surface area contributed by atoms with Crippen LogP contribution < -0.4 is 4.74 Å². The number of rotatable bonds is 7. The number of methoxy groups -OCH3 is 1. The first kappa shape index (κ1) is 22.2. The first-order chi connectivity index (χ1) is 15.2. The molecule has 4 rings (SSSR count). The van der Waals surface area contributed by atoms with Gasteiger partial charge in [-0.05, 0) is 63.2 Å². The monoisotopic (exact) mass is 442 g/mol. The first-order valence-electron chi connectivity index (χ1n) is 11.5. The van der Waals surface area contributed by atoms with Crippen molar-refractivity contribution >= 4 is 17.2 Å². The quantitative estimate of drug-likeness (QED) is 0.656. The van der Waals surface area contributed by atoms with E-state index in [0.29, 0.717) is 5.91 Å². The number of ether oxygens (including phenoxy) is 1. The van der Waals surface area contributed by atoms with Gasteiger partial charge in [0.1, 0.15) is 10.8 Å². The number of aromatic nitrogens is 1. The van der Waals surface area contributed by atoms with Crippen LogP contribution in [0.25, 0.3) is 10.6 Å². The van der Waals surface area contributed by atoms with Crippen LogP contribution in [0.3, 0.4) is 0 Å². The van der Waals surface area contributed by atoms with Gasteiger partial charge in [0.25, 0.3) is 0 Å². The van der Waals surface area contributed by atoms with Gasteiger partial charge in [0.15, 0.2) is 0 Å². The Morgan fingerprint density at radius 3 is 2.42 bits per heavy atom. The summed E-state index contributed by atoms with van der Waals surface area (Å²) in [7, 11) is 1.68. The number of piperidine rings is 1. The maximum atomic E-state index is 13.0. The molecular formula is C24H34N4O2S. The highest BCUT2D eigenvalue weighted by atomic mass is 32.1. The normalized spacial score (nSPS) is 19.0. The SMILES string of the molecule is CCCN1CCC(C(=O)N2CCN(Cc3csc(-c4ccc(OC)cc4)n3)CC2)CC1. The number of likely N-dealkylation sites (tertiary alicyclic amines) is 1. The van der Waals surface area contributed by atoms with Gasteiger partial charge in [-0.3, -0.25) is 9.69 Å². The van der Waals surface area contributed by atoms with Crippen LogP contribution in [0.4, 0.5) is 0 Å². The molecule has 2 aromatic rings. The van der Waals surface area contributed by atoms with Crippen molar-refractivity contribution in [3.8, 4) is 16.3 Å². The number of hydrogen-bond donors (Lipinski definition) is 0. The van der Waals surface area contributed by atoms with Crippen molar-refractivity contribution in [1.29, 1.82) is 0 Å². The number of carbonyl (C=O) groups is 1. The molecule has 0 radical (unpaired) electrons. The number of piperazine rings is 1. The molecule has 31 heavy (non-hydrogen) atoms. The summed E-state index contributed by atoms with van der Waals surface area (Å²) >= 11 is 1.69. The smallest absolute Gasteiger partial charge is 0.225 e. The molecule has 0 aliphatic carbocycles. The van der Waals surface area contributed by atoms with E-state index in [4.69, 9.17) is 9.72 Å². The molecular weight excluding hydrogens is 408 g/mol. The van der Waals surface area contributed by atoms with Gasteiger partial charge in [0.05, 0.1) is 12.8 Å². The summed E-state index contributed by atoms with van der Waals surface area (Å²) in [6, 6.07) is 8.05. The minimum absolute atomic E-state index is 0.227. The number of benzene rings is 1. The molecule has 2 aliphatic heterocycles. The largest absolute Gasteiger partial charge is 0.497 e. The lowest BCUT2D eigenvalue weighted by Crippen LogP contribution is -2.51. The Morgan fingerprint density at radius 1 is 1.06 bits per heavy atom. The topological polar surface area (TPSA) is 48.9 Å². The van der Waals surface area contributed by atoms with Crippen LogP contribution in [0.15, 0.2) is 29.6 Å². The van der Waals surface area contributed by atoms with Crippen LogP contribution in [-0.2, 0) is 11.3 Å². The molecule has 1 aromatic heterocycles. The summed E-state index contributed by atoms with van der Waals surface area (Å²) in [6.07, 6.45) is 3.24. The second-order valence-corrected chi connectivity index (χ2v) is 9.45. The standard InChI is InChI=1S/C24H34N4O2S/c1-3-10-26-11-8-20(9-12-26)24(29)28-15-13-27(14-16-28)17-21-18-31-23(25-21)19-4-6-22(30-2)7-5-19/h4-7,18,20H,3,8-17H2,1-2H3. The fraction of sp³-hybridized carbons (Fsp3) is 0.583. The maximum Gasteiger partial charge on any atom is 0.225 e. The third kappa shape index (κ3) is 5.64. The third-order valence-corrected chi connectivity index (χ3v) is 7.38. The van der Waals surface area contributed by atoms with E-state index < -0.39 is 0 Å². The number of carbonyl (C=O) groups excluding carboxylic acids is 1. The summed E-state index contributed by atoms with van der Waals surface area (Å²) in [4.78, 5) is 24.8. The predicted molar refractivity (Wildman–Crippen MR) is 125 cm³/mol. The van der Waals surface area contributed by atoms with Gasteiger partial charge in [0, 0.05) is 49.6 Å². The van der Waals surface area contributed by atoms with Gasteiger partial charge in [-0.1, -0.05) is 6.92 Å². The molecule has 3 heterocycles. The molecule has 2 fully saturated rings. The number of amides is 1. The van der Waals surface area contributed by atoms with Crippen LogP contribution in [0.2, 0.25) is 0 Å². The molecule has 2 aliphatic rings. The minimum Gasteiger partial charge on any atom is -0.497 e. The van der Waals surface area contributed by atoms with Crippen LogP contribution >= 0.6 is 11.3 Å². The van der Waals surface area contributed by atoms with Crippen molar-refractivity contribution in [2.45, 2.75) is 32.7 Å². The average Bonchev–Trinajstić information content (AvgIpc) is 3.28. The molecule has 2 saturated heterocycles. The fourth-order valence-corrected chi connectivity index (χ4v) is 5.40. The summed E-state index contributed by atoms with van der Waals surface area (Å²) in [5.74, 6) is 1.47. The van der Waals surface area contributed by atoms with Crippen molar-refractivity contribution in [2.24, 2.45) is 5.92 Å². The number of thiazole rings is 1. The van der Waals surface area contributed by atoms with E-state index in [1.54, 1.807) is 18.4 Å². The Kier molecular flexibility index (Phi) is 7.58. The van der Waals surface area contributed by atoms with Crippen LogP contribution in [0, 0.1) is 5.92 Å². The highest BCUT2D eigenvalue weighted by Crippen LogP contribution is 2.26. The molecule has 1 amide bonds. The lowest BCUT2D eigenvalue weighted by atomic mass is 9.95. The van der Waals surface area contributed by atoms with Crippen LogP contribution in [0.5, 0.6) is 5.75 Å². The van der Waals surface area contributed by atoms with Gasteiger partial charge in [-0.15, -0.1) is 11.3 Å². The van der Waals surface area contributed by atoms with Crippen molar-refractivity contribution in [3.63, 3.8) is 0 Å². The van der Waals surface area contributed by atoms with Crippen LogP contribution in [-0.4, -0.2) is 78.5 Å². The Labute approximate surface area is 189 Å².